The molecule has 1 saturated heterocycles. The third-order valence-electron chi connectivity index (χ3n) is 5.35. The molecule has 6 heteroatoms. The summed E-state index contributed by atoms with van der Waals surface area (Å²) in [4.78, 5) is 27.1. The van der Waals surface area contributed by atoms with E-state index < -0.39 is 12.1 Å². The predicted octanol–water partition coefficient (Wildman–Crippen LogP) is 0.641. The van der Waals surface area contributed by atoms with Gasteiger partial charge in [-0.15, -0.1) is 0 Å². The quantitative estimate of drug-likeness (QED) is 0.693. The van der Waals surface area contributed by atoms with Crippen molar-refractivity contribution in [3.05, 3.63) is 0 Å². The van der Waals surface area contributed by atoms with Crippen molar-refractivity contribution in [1.29, 1.82) is 0 Å². The molecule has 2 aliphatic rings. The molecule has 2 rings (SSSR count). The molecule has 0 aromatic heterocycles. The molecule has 2 amide bonds. The molecule has 0 aromatic rings. The van der Waals surface area contributed by atoms with Crippen LogP contribution in [0.3, 0.4) is 0 Å². The molecule has 23 heavy (non-hydrogen) atoms. The van der Waals surface area contributed by atoms with Crippen molar-refractivity contribution >= 4 is 11.8 Å². The van der Waals surface area contributed by atoms with Crippen molar-refractivity contribution in [2.45, 2.75) is 76.6 Å². The van der Waals surface area contributed by atoms with Crippen LogP contribution in [0.5, 0.6) is 0 Å². The molecule has 1 heterocycles. The number of rotatable bonds is 5. The van der Waals surface area contributed by atoms with Gasteiger partial charge in [0.05, 0.1) is 12.1 Å². The predicted molar refractivity (Wildman–Crippen MR) is 88.8 cm³/mol. The first-order valence-electron chi connectivity index (χ1n) is 8.90. The van der Waals surface area contributed by atoms with Gasteiger partial charge in [0, 0.05) is 12.6 Å². The van der Waals surface area contributed by atoms with Crippen LogP contribution in [0.25, 0.3) is 0 Å². The molecule has 1 aliphatic carbocycles. The Morgan fingerprint density at radius 1 is 1.22 bits per heavy atom. The third-order valence-corrected chi connectivity index (χ3v) is 5.35. The molecular formula is C17H31N3O3. The van der Waals surface area contributed by atoms with Crippen LogP contribution in [0.4, 0.5) is 0 Å². The SMILES string of the molecule is CN[C@@H](C)C(=O)N[C@H](C(=O)N1C[C@@H](O)C[C@H]1C)C1CCCCC1. The van der Waals surface area contributed by atoms with E-state index in [0.717, 1.165) is 25.7 Å². The van der Waals surface area contributed by atoms with Gasteiger partial charge in [-0.2, -0.15) is 0 Å². The molecule has 0 bridgehead atoms. The highest BCUT2D eigenvalue weighted by Gasteiger charge is 2.39. The van der Waals surface area contributed by atoms with Gasteiger partial charge in [-0.3, -0.25) is 9.59 Å². The second-order valence-corrected chi connectivity index (χ2v) is 7.12. The highest BCUT2D eigenvalue weighted by Crippen LogP contribution is 2.29. The molecule has 0 radical (unpaired) electrons. The number of nitrogens with one attached hydrogen (secondary N) is 2. The Morgan fingerprint density at radius 3 is 2.39 bits per heavy atom. The normalized spacial score (nSPS) is 28.4. The lowest BCUT2D eigenvalue weighted by Gasteiger charge is -2.34. The third kappa shape index (κ3) is 4.44. The summed E-state index contributed by atoms with van der Waals surface area (Å²) in [7, 11) is 1.74. The Morgan fingerprint density at radius 2 is 1.87 bits per heavy atom. The molecule has 1 aliphatic heterocycles. The van der Waals surface area contributed by atoms with Crippen molar-refractivity contribution < 1.29 is 14.7 Å². The smallest absolute Gasteiger partial charge is 0.245 e. The Bertz CT molecular complexity index is 423. The second-order valence-electron chi connectivity index (χ2n) is 7.12. The molecule has 2 fully saturated rings. The number of likely N-dealkylation sites (tertiary alicyclic amines) is 1. The maximum absolute atomic E-state index is 13.0. The minimum Gasteiger partial charge on any atom is -0.391 e. The number of likely N-dealkylation sites (N-methyl/N-ethyl adjacent to an activating group) is 1. The number of hydrogen-bond acceptors (Lipinski definition) is 4. The second kappa shape index (κ2) is 8.11. The molecule has 4 atom stereocenters. The first-order valence-corrected chi connectivity index (χ1v) is 8.90. The largest absolute Gasteiger partial charge is 0.391 e. The lowest BCUT2D eigenvalue weighted by atomic mass is 9.83. The molecule has 0 unspecified atom stereocenters. The fourth-order valence-corrected chi connectivity index (χ4v) is 3.75. The molecule has 1 saturated carbocycles. The first kappa shape index (κ1) is 18.2. The van der Waals surface area contributed by atoms with Gasteiger partial charge in [-0.1, -0.05) is 19.3 Å². The molecule has 6 nitrogen and oxygen atoms in total. The van der Waals surface area contributed by atoms with Gasteiger partial charge in [-0.25, -0.2) is 0 Å². The fraction of sp³-hybridized carbons (Fsp3) is 0.882. The lowest BCUT2D eigenvalue weighted by molar-refractivity contribution is -0.139. The van der Waals surface area contributed by atoms with Crippen molar-refractivity contribution in [2.24, 2.45) is 5.92 Å². The Kier molecular flexibility index (Phi) is 6.41. The molecular weight excluding hydrogens is 294 g/mol. The van der Waals surface area contributed by atoms with Gasteiger partial charge in [0.25, 0.3) is 0 Å². The number of aliphatic hydroxyl groups excluding tert-OH is 1. The summed E-state index contributed by atoms with van der Waals surface area (Å²) >= 11 is 0. The van der Waals surface area contributed by atoms with Crippen molar-refractivity contribution in [3.63, 3.8) is 0 Å². The zero-order valence-electron chi connectivity index (χ0n) is 14.5. The monoisotopic (exact) mass is 325 g/mol. The number of carbonyl (C=O) groups is 2. The van der Waals surface area contributed by atoms with Gasteiger partial charge >= 0.3 is 0 Å². The number of nitrogens with zero attached hydrogens (tertiary/aromatic N) is 1. The van der Waals surface area contributed by atoms with Crippen molar-refractivity contribution in [1.82, 2.24) is 15.5 Å². The van der Waals surface area contributed by atoms with Crippen LogP contribution < -0.4 is 10.6 Å². The minimum atomic E-state index is -0.466. The summed E-state index contributed by atoms with van der Waals surface area (Å²) in [6.07, 6.45) is 5.56. The standard InChI is InChI=1S/C17H31N3O3/c1-11-9-14(21)10-20(11)17(23)15(13-7-5-4-6-8-13)19-16(22)12(2)18-3/h11-15,18,21H,4-10H2,1-3H3,(H,19,22)/t11-,12+,14+,15+/m1/s1. The maximum Gasteiger partial charge on any atom is 0.245 e. The van der Waals surface area contributed by atoms with E-state index in [0.29, 0.717) is 13.0 Å². The van der Waals surface area contributed by atoms with Gasteiger partial charge in [0.15, 0.2) is 0 Å². The Balaban J connectivity index is 2.11. The van der Waals surface area contributed by atoms with Crippen LogP contribution in [-0.2, 0) is 9.59 Å². The minimum absolute atomic E-state index is 0.0298. The number of β-amino-alcohol motifs (C(OH)–C–C–N with tert-alkyl or cyclic N) is 1. The van der Waals surface area contributed by atoms with Crippen LogP contribution in [-0.4, -0.2) is 59.6 Å². The number of hydrogen-bond donors (Lipinski definition) is 3. The van der Waals surface area contributed by atoms with Crippen LogP contribution in [0.1, 0.15) is 52.4 Å². The lowest BCUT2D eigenvalue weighted by Crippen LogP contribution is -2.56. The zero-order chi connectivity index (χ0) is 17.0. The highest BCUT2D eigenvalue weighted by molar-refractivity contribution is 5.90. The van der Waals surface area contributed by atoms with E-state index in [-0.39, 0.29) is 29.8 Å². The van der Waals surface area contributed by atoms with Gasteiger partial charge < -0.3 is 20.6 Å². The summed E-state index contributed by atoms with van der Waals surface area (Å²) < 4.78 is 0. The number of carbonyl (C=O) groups excluding carboxylic acids is 2. The number of aliphatic hydroxyl groups is 1. The molecule has 3 N–H and O–H groups in total. The molecule has 0 aromatic carbocycles. The topological polar surface area (TPSA) is 81.7 Å². The summed E-state index contributed by atoms with van der Waals surface area (Å²) in [5, 5.41) is 15.7. The Labute approximate surface area is 139 Å². The van der Waals surface area contributed by atoms with E-state index in [1.807, 2.05) is 6.92 Å². The van der Waals surface area contributed by atoms with Gasteiger partial charge in [-0.05, 0) is 46.1 Å². The van der Waals surface area contributed by atoms with Gasteiger partial charge in [0.1, 0.15) is 6.04 Å². The number of amides is 2. The molecule has 0 spiro atoms. The summed E-state index contributed by atoms with van der Waals surface area (Å²) in [5.41, 5.74) is 0. The average molecular weight is 325 g/mol. The first-order chi connectivity index (χ1) is 10.9. The summed E-state index contributed by atoms with van der Waals surface area (Å²) in [6, 6.07) is -0.760. The van der Waals surface area contributed by atoms with Crippen LogP contribution in [0, 0.1) is 5.92 Å². The average Bonchev–Trinajstić information content (AvgIpc) is 2.90. The maximum atomic E-state index is 13.0. The van der Waals surface area contributed by atoms with Crippen LogP contribution in [0.2, 0.25) is 0 Å². The molecule has 132 valence electrons. The van der Waals surface area contributed by atoms with E-state index in [1.54, 1.807) is 18.9 Å². The van der Waals surface area contributed by atoms with E-state index in [4.69, 9.17) is 0 Å². The van der Waals surface area contributed by atoms with E-state index in [2.05, 4.69) is 10.6 Å². The van der Waals surface area contributed by atoms with E-state index >= 15 is 0 Å². The fourth-order valence-electron chi connectivity index (χ4n) is 3.75. The van der Waals surface area contributed by atoms with Crippen molar-refractivity contribution in [3.8, 4) is 0 Å². The van der Waals surface area contributed by atoms with Crippen LogP contribution >= 0.6 is 0 Å². The summed E-state index contributed by atoms with van der Waals surface area (Å²) in [5.74, 6) is 0.0376. The highest BCUT2D eigenvalue weighted by atomic mass is 16.3. The van der Waals surface area contributed by atoms with Crippen LogP contribution in [0.15, 0.2) is 0 Å². The van der Waals surface area contributed by atoms with Crippen molar-refractivity contribution in [2.75, 3.05) is 13.6 Å². The zero-order valence-corrected chi connectivity index (χ0v) is 14.5. The van der Waals surface area contributed by atoms with E-state index in [9.17, 15) is 14.7 Å². The summed E-state index contributed by atoms with van der Waals surface area (Å²) in [6.45, 7) is 4.13. The Hall–Kier alpha value is -1.14. The van der Waals surface area contributed by atoms with Gasteiger partial charge in [0.2, 0.25) is 11.8 Å². The van der Waals surface area contributed by atoms with E-state index in [1.165, 1.54) is 6.42 Å².